The van der Waals surface area contributed by atoms with E-state index in [1.807, 2.05) is 61.5 Å². The number of hydrogen-bond donors (Lipinski definition) is 1. The second-order valence-electron chi connectivity index (χ2n) is 6.06. The van der Waals surface area contributed by atoms with Crippen LogP contribution in [0.2, 0.25) is 5.02 Å². The van der Waals surface area contributed by atoms with Gasteiger partial charge in [0.1, 0.15) is 0 Å². The number of carbonyl (C=O) groups excluding carboxylic acids is 1. The van der Waals surface area contributed by atoms with E-state index in [0.717, 1.165) is 11.1 Å². The molecule has 0 aliphatic heterocycles. The fourth-order valence-corrected chi connectivity index (χ4v) is 2.82. The van der Waals surface area contributed by atoms with Crippen molar-refractivity contribution in [3.63, 3.8) is 0 Å². The third-order valence-corrected chi connectivity index (χ3v) is 4.24. The lowest BCUT2D eigenvalue weighted by Crippen LogP contribution is -2.26. The molecule has 0 saturated carbocycles. The summed E-state index contributed by atoms with van der Waals surface area (Å²) in [6, 6.07) is 17.0. The minimum atomic E-state index is -0.0886. The van der Waals surface area contributed by atoms with Crippen LogP contribution in [0.3, 0.4) is 0 Å². The summed E-state index contributed by atoms with van der Waals surface area (Å²) in [7, 11) is 0. The van der Waals surface area contributed by atoms with Crippen molar-refractivity contribution < 1.29 is 9.21 Å². The van der Waals surface area contributed by atoms with Crippen LogP contribution in [-0.2, 0) is 11.2 Å². The molecule has 3 rings (SSSR count). The predicted molar refractivity (Wildman–Crippen MR) is 101 cm³/mol. The Kier molecular flexibility index (Phi) is 6.02. The molecule has 134 valence electrons. The quantitative estimate of drug-likeness (QED) is 0.661. The highest BCUT2D eigenvalue weighted by atomic mass is 35.5. The summed E-state index contributed by atoms with van der Waals surface area (Å²) < 4.78 is 5.65. The molecule has 0 fully saturated rings. The topological polar surface area (TPSA) is 68.0 Å². The van der Waals surface area contributed by atoms with Crippen molar-refractivity contribution in [3.05, 3.63) is 71.1 Å². The number of nitrogens with zero attached hydrogens (tertiary/aromatic N) is 2. The van der Waals surface area contributed by atoms with E-state index in [9.17, 15) is 4.79 Å². The maximum absolute atomic E-state index is 12.1. The van der Waals surface area contributed by atoms with Gasteiger partial charge in [0.2, 0.25) is 17.7 Å². The Morgan fingerprint density at radius 1 is 1.15 bits per heavy atom. The third-order valence-electron chi connectivity index (χ3n) is 4.01. The molecule has 0 bridgehead atoms. The number of aryl methyl sites for hydroxylation is 1. The summed E-state index contributed by atoms with van der Waals surface area (Å²) in [5, 5.41) is 11.7. The van der Waals surface area contributed by atoms with Crippen molar-refractivity contribution in [1.29, 1.82) is 0 Å². The number of hydrogen-bond acceptors (Lipinski definition) is 4. The summed E-state index contributed by atoms with van der Waals surface area (Å²) in [6.45, 7) is 1.94. The smallest absolute Gasteiger partial charge is 0.247 e. The maximum Gasteiger partial charge on any atom is 0.247 e. The number of amides is 1. The zero-order chi connectivity index (χ0) is 18.4. The summed E-state index contributed by atoms with van der Waals surface area (Å²) in [4.78, 5) is 12.1. The van der Waals surface area contributed by atoms with Gasteiger partial charge in [-0.25, -0.2) is 0 Å². The normalized spacial score (nSPS) is 11.9. The van der Waals surface area contributed by atoms with Gasteiger partial charge in [-0.15, -0.1) is 10.2 Å². The summed E-state index contributed by atoms with van der Waals surface area (Å²) in [5.41, 5.74) is 1.87. The van der Waals surface area contributed by atoms with E-state index in [-0.39, 0.29) is 11.9 Å². The van der Waals surface area contributed by atoms with Crippen LogP contribution in [0.1, 0.15) is 37.3 Å². The second kappa shape index (κ2) is 8.63. The van der Waals surface area contributed by atoms with Crippen LogP contribution in [0.15, 0.2) is 59.0 Å². The van der Waals surface area contributed by atoms with E-state index in [1.54, 1.807) is 0 Å². The molecule has 3 aromatic rings. The molecular formula is C20H20ClN3O2. The zero-order valence-electron chi connectivity index (χ0n) is 14.5. The fourth-order valence-electron chi connectivity index (χ4n) is 2.63. The van der Waals surface area contributed by atoms with Crippen LogP contribution in [0.4, 0.5) is 0 Å². The molecule has 0 aliphatic carbocycles. The highest BCUT2D eigenvalue weighted by molar-refractivity contribution is 6.30. The molecule has 0 unspecified atom stereocenters. The van der Waals surface area contributed by atoms with E-state index >= 15 is 0 Å². The van der Waals surface area contributed by atoms with Crippen molar-refractivity contribution in [1.82, 2.24) is 15.5 Å². The van der Waals surface area contributed by atoms with Crippen molar-refractivity contribution in [2.45, 2.75) is 32.2 Å². The first-order valence-electron chi connectivity index (χ1n) is 8.54. The van der Waals surface area contributed by atoms with Gasteiger partial charge in [-0.3, -0.25) is 4.79 Å². The Morgan fingerprint density at radius 2 is 1.96 bits per heavy atom. The number of nitrogens with one attached hydrogen (secondary N) is 1. The van der Waals surface area contributed by atoms with Gasteiger partial charge in [0.05, 0.1) is 6.04 Å². The Hall–Kier alpha value is -2.66. The van der Waals surface area contributed by atoms with Crippen molar-refractivity contribution >= 4 is 17.5 Å². The highest BCUT2D eigenvalue weighted by Crippen LogP contribution is 2.19. The summed E-state index contributed by atoms with van der Waals surface area (Å²) >= 11 is 5.99. The van der Waals surface area contributed by atoms with Gasteiger partial charge in [0.25, 0.3) is 0 Å². The largest absolute Gasteiger partial charge is 0.421 e. The lowest BCUT2D eigenvalue weighted by molar-refractivity contribution is -0.121. The minimum absolute atomic E-state index is 0.0136. The molecule has 0 aliphatic rings. The number of rotatable bonds is 7. The van der Waals surface area contributed by atoms with Crippen LogP contribution in [0.5, 0.6) is 0 Å². The van der Waals surface area contributed by atoms with Crippen molar-refractivity contribution in [2.75, 3.05) is 0 Å². The van der Waals surface area contributed by atoms with Gasteiger partial charge < -0.3 is 9.73 Å². The molecule has 1 amide bonds. The van der Waals surface area contributed by atoms with Gasteiger partial charge >= 0.3 is 0 Å². The summed E-state index contributed by atoms with van der Waals surface area (Å²) in [5.74, 6) is 1.03. The fraction of sp³-hybridized carbons (Fsp3) is 0.250. The van der Waals surface area contributed by atoms with E-state index < -0.39 is 0 Å². The molecule has 1 N–H and O–H groups in total. The second-order valence-corrected chi connectivity index (χ2v) is 6.50. The first kappa shape index (κ1) is 18.1. The minimum Gasteiger partial charge on any atom is -0.421 e. The molecule has 6 heteroatoms. The van der Waals surface area contributed by atoms with Gasteiger partial charge in [0, 0.05) is 23.4 Å². The molecule has 1 aromatic heterocycles. The highest BCUT2D eigenvalue weighted by Gasteiger charge is 2.12. The van der Waals surface area contributed by atoms with Crippen LogP contribution < -0.4 is 5.32 Å². The van der Waals surface area contributed by atoms with Gasteiger partial charge in [-0.1, -0.05) is 41.9 Å². The van der Waals surface area contributed by atoms with E-state index in [1.165, 1.54) is 0 Å². The number of aromatic nitrogens is 2. The Bertz CT molecular complexity index is 864. The van der Waals surface area contributed by atoms with Crippen LogP contribution in [0.25, 0.3) is 11.5 Å². The van der Waals surface area contributed by atoms with Crippen molar-refractivity contribution in [2.24, 2.45) is 0 Å². The third kappa shape index (κ3) is 4.92. The first-order chi connectivity index (χ1) is 12.6. The zero-order valence-corrected chi connectivity index (χ0v) is 15.2. The molecule has 26 heavy (non-hydrogen) atoms. The summed E-state index contributed by atoms with van der Waals surface area (Å²) in [6.07, 6.45) is 1.61. The molecular weight excluding hydrogens is 350 g/mol. The molecule has 0 saturated heterocycles. The lowest BCUT2D eigenvalue weighted by atomic mass is 10.1. The van der Waals surface area contributed by atoms with Crippen LogP contribution >= 0.6 is 11.6 Å². The average Bonchev–Trinajstić information content (AvgIpc) is 3.11. The maximum atomic E-state index is 12.1. The molecule has 0 radical (unpaired) electrons. The molecule has 1 atom stereocenters. The monoisotopic (exact) mass is 369 g/mol. The van der Waals surface area contributed by atoms with Gasteiger partial charge in [-0.2, -0.15) is 0 Å². The van der Waals surface area contributed by atoms with E-state index in [4.69, 9.17) is 16.0 Å². The Morgan fingerprint density at radius 3 is 2.73 bits per heavy atom. The Labute approximate surface area is 157 Å². The number of halogens is 1. The van der Waals surface area contributed by atoms with Crippen LogP contribution in [0, 0.1) is 0 Å². The van der Waals surface area contributed by atoms with Crippen molar-refractivity contribution in [3.8, 4) is 11.5 Å². The average molecular weight is 370 g/mol. The Balaban J connectivity index is 1.46. The number of benzene rings is 2. The standard InChI is InChI=1S/C20H20ClN3O2/c1-14(16-9-5-10-17(21)13-16)22-18(25)11-6-12-19-23-24-20(26-19)15-7-3-2-4-8-15/h2-5,7-10,13-14H,6,11-12H2,1H3,(H,22,25)/t14-/m0/s1. The van der Waals surface area contributed by atoms with E-state index in [0.29, 0.717) is 36.1 Å². The molecule has 1 heterocycles. The molecule has 2 aromatic carbocycles. The van der Waals surface area contributed by atoms with Gasteiger partial charge in [0.15, 0.2) is 0 Å². The van der Waals surface area contributed by atoms with Crippen LogP contribution in [-0.4, -0.2) is 16.1 Å². The lowest BCUT2D eigenvalue weighted by Gasteiger charge is -2.14. The van der Waals surface area contributed by atoms with Gasteiger partial charge in [-0.05, 0) is 43.2 Å². The predicted octanol–water partition coefficient (Wildman–Crippen LogP) is 4.59. The molecule has 0 spiro atoms. The molecule has 5 nitrogen and oxygen atoms in total. The number of carbonyl (C=O) groups is 1. The first-order valence-corrected chi connectivity index (χ1v) is 8.92. The SMILES string of the molecule is C[C@H](NC(=O)CCCc1nnc(-c2ccccc2)o1)c1cccc(Cl)c1. The van der Waals surface area contributed by atoms with E-state index in [2.05, 4.69) is 15.5 Å².